The monoisotopic (exact) mass is 376 g/mol. The zero-order chi connectivity index (χ0) is 18.1. The summed E-state index contributed by atoms with van der Waals surface area (Å²) in [6.45, 7) is 2.40. The first-order chi connectivity index (χ1) is 11.7. The summed E-state index contributed by atoms with van der Waals surface area (Å²) in [5, 5.41) is 3.39. The van der Waals surface area contributed by atoms with Crippen LogP contribution in [-0.2, 0) is 16.0 Å². The predicted molar refractivity (Wildman–Crippen MR) is 90.0 cm³/mol. The molecule has 1 N–H and O–H groups in total. The molecule has 3 rings (SSSR count). The summed E-state index contributed by atoms with van der Waals surface area (Å²) >= 11 is 0. The van der Waals surface area contributed by atoms with Crippen LogP contribution < -0.4 is 5.32 Å². The van der Waals surface area contributed by atoms with Crippen molar-refractivity contribution in [2.75, 3.05) is 37.7 Å². The molecule has 1 heterocycles. The van der Waals surface area contributed by atoms with Crippen molar-refractivity contribution >= 4 is 9.84 Å². The minimum atomic E-state index is -4.33. The molecule has 1 saturated carbocycles. The van der Waals surface area contributed by atoms with Gasteiger partial charge in [-0.25, -0.2) is 8.42 Å². The third-order valence-electron chi connectivity index (χ3n) is 4.90. The van der Waals surface area contributed by atoms with Gasteiger partial charge in [0.15, 0.2) is 9.84 Å². The van der Waals surface area contributed by atoms with Crippen LogP contribution in [0.3, 0.4) is 0 Å². The molecule has 0 spiro atoms. The molecule has 1 saturated heterocycles. The van der Waals surface area contributed by atoms with Gasteiger partial charge in [-0.1, -0.05) is 12.1 Å². The highest BCUT2D eigenvalue weighted by molar-refractivity contribution is 7.91. The Morgan fingerprint density at radius 3 is 2.48 bits per heavy atom. The maximum absolute atomic E-state index is 12.9. The topological polar surface area (TPSA) is 49.4 Å². The van der Waals surface area contributed by atoms with E-state index in [1.165, 1.54) is 12.1 Å². The van der Waals surface area contributed by atoms with E-state index >= 15 is 0 Å². The number of alkyl halides is 3. The lowest BCUT2D eigenvalue weighted by atomic mass is 10.00. The van der Waals surface area contributed by atoms with Gasteiger partial charge in [0.05, 0.1) is 17.1 Å². The summed E-state index contributed by atoms with van der Waals surface area (Å²) in [5.41, 5.74) is 0.0669. The Bertz CT molecular complexity index is 688. The minimum Gasteiger partial charge on any atom is -0.308 e. The van der Waals surface area contributed by atoms with Crippen LogP contribution >= 0.6 is 0 Å². The largest absolute Gasteiger partial charge is 0.416 e. The lowest BCUT2D eigenvalue weighted by molar-refractivity contribution is -0.137. The van der Waals surface area contributed by atoms with Gasteiger partial charge in [0.25, 0.3) is 0 Å². The van der Waals surface area contributed by atoms with Crippen LogP contribution in [-0.4, -0.2) is 51.0 Å². The fourth-order valence-corrected chi connectivity index (χ4v) is 4.52. The number of halogens is 3. The van der Waals surface area contributed by atoms with Crippen LogP contribution in [0.25, 0.3) is 0 Å². The summed E-state index contributed by atoms with van der Waals surface area (Å²) < 4.78 is 61.7. The SMILES string of the molecule is O=S1(=O)CCN(CCN[C@H](c2cccc(C(F)(F)F)c2)C2CC2)CC1. The Morgan fingerprint density at radius 1 is 1.20 bits per heavy atom. The molecule has 1 aliphatic heterocycles. The quantitative estimate of drug-likeness (QED) is 0.829. The van der Waals surface area contributed by atoms with Crippen molar-refractivity contribution in [2.45, 2.75) is 25.1 Å². The van der Waals surface area contributed by atoms with E-state index in [0.29, 0.717) is 37.7 Å². The van der Waals surface area contributed by atoms with E-state index in [9.17, 15) is 21.6 Å². The van der Waals surface area contributed by atoms with E-state index in [-0.39, 0.29) is 17.5 Å². The molecule has 1 aliphatic carbocycles. The summed E-state index contributed by atoms with van der Waals surface area (Å²) in [7, 11) is -2.89. The average Bonchev–Trinajstić information content (AvgIpc) is 3.37. The molecule has 0 aromatic heterocycles. The van der Waals surface area contributed by atoms with Gasteiger partial charge in [-0.2, -0.15) is 13.2 Å². The van der Waals surface area contributed by atoms with Crippen molar-refractivity contribution in [2.24, 2.45) is 5.92 Å². The van der Waals surface area contributed by atoms with Crippen LogP contribution in [0.4, 0.5) is 13.2 Å². The number of nitrogens with zero attached hydrogens (tertiary/aromatic N) is 1. The molecule has 0 radical (unpaired) electrons. The fourth-order valence-electron chi connectivity index (χ4n) is 3.25. The van der Waals surface area contributed by atoms with Crippen molar-refractivity contribution in [3.8, 4) is 0 Å². The number of nitrogens with one attached hydrogen (secondary N) is 1. The normalized spacial score (nSPS) is 22.7. The zero-order valence-electron chi connectivity index (χ0n) is 13.9. The Morgan fingerprint density at radius 2 is 1.88 bits per heavy atom. The van der Waals surface area contributed by atoms with Crippen molar-refractivity contribution in [3.63, 3.8) is 0 Å². The molecule has 0 amide bonds. The molecular weight excluding hydrogens is 353 g/mol. The number of benzene rings is 1. The maximum Gasteiger partial charge on any atom is 0.416 e. The summed E-state index contributed by atoms with van der Waals surface area (Å²) in [5.74, 6) is 0.754. The van der Waals surface area contributed by atoms with Crippen LogP contribution in [0.5, 0.6) is 0 Å². The first kappa shape index (κ1) is 18.7. The molecule has 2 fully saturated rings. The second-order valence-electron chi connectivity index (χ2n) is 6.89. The van der Waals surface area contributed by atoms with Gasteiger partial charge in [0.1, 0.15) is 0 Å². The highest BCUT2D eigenvalue weighted by atomic mass is 32.2. The Kier molecular flexibility index (Phi) is 5.41. The number of hydrogen-bond donors (Lipinski definition) is 1. The average molecular weight is 376 g/mol. The Hall–Kier alpha value is -1.12. The third-order valence-corrected chi connectivity index (χ3v) is 6.50. The van der Waals surface area contributed by atoms with Gasteiger partial charge in [-0.3, -0.25) is 0 Å². The van der Waals surface area contributed by atoms with Crippen LogP contribution in [0, 0.1) is 5.92 Å². The van der Waals surface area contributed by atoms with Gasteiger partial charge in [0.2, 0.25) is 0 Å². The van der Waals surface area contributed by atoms with E-state index < -0.39 is 21.6 Å². The molecular formula is C17H23F3N2O2S. The molecule has 2 aliphatic rings. The molecule has 1 atom stereocenters. The highest BCUT2D eigenvalue weighted by Crippen LogP contribution is 2.42. The molecule has 1 aromatic rings. The van der Waals surface area contributed by atoms with Crippen LogP contribution in [0.15, 0.2) is 24.3 Å². The van der Waals surface area contributed by atoms with E-state index in [1.807, 2.05) is 0 Å². The zero-order valence-corrected chi connectivity index (χ0v) is 14.7. The summed E-state index contributed by atoms with van der Waals surface area (Å²) in [6, 6.07) is 5.48. The highest BCUT2D eigenvalue weighted by Gasteiger charge is 2.35. The first-order valence-electron chi connectivity index (χ1n) is 8.58. The first-order valence-corrected chi connectivity index (χ1v) is 10.4. The molecule has 1 aromatic carbocycles. The second-order valence-corrected chi connectivity index (χ2v) is 9.19. The smallest absolute Gasteiger partial charge is 0.308 e. The molecule has 140 valence electrons. The minimum absolute atomic E-state index is 0.0733. The van der Waals surface area contributed by atoms with Crippen molar-refractivity contribution in [1.29, 1.82) is 0 Å². The van der Waals surface area contributed by atoms with Crippen LogP contribution in [0.1, 0.15) is 30.0 Å². The fraction of sp³-hybridized carbons (Fsp3) is 0.647. The molecule has 0 bridgehead atoms. The maximum atomic E-state index is 12.9. The van der Waals surface area contributed by atoms with Gasteiger partial charge in [-0.15, -0.1) is 0 Å². The van der Waals surface area contributed by atoms with Crippen LogP contribution in [0.2, 0.25) is 0 Å². The van der Waals surface area contributed by atoms with E-state index in [0.717, 1.165) is 18.9 Å². The van der Waals surface area contributed by atoms with Crippen molar-refractivity contribution < 1.29 is 21.6 Å². The van der Waals surface area contributed by atoms with Crippen molar-refractivity contribution in [3.05, 3.63) is 35.4 Å². The Labute approximate surface area is 146 Å². The van der Waals surface area contributed by atoms with E-state index in [2.05, 4.69) is 10.2 Å². The van der Waals surface area contributed by atoms with E-state index in [1.54, 1.807) is 6.07 Å². The predicted octanol–water partition coefficient (Wildman–Crippen LogP) is 2.48. The number of rotatable bonds is 6. The molecule has 25 heavy (non-hydrogen) atoms. The Balaban J connectivity index is 1.58. The second kappa shape index (κ2) is 7.25. The summed E-state index contributed by atoms with van der Waals surface area (Å²) in [6.07, 6.45) is -2.28. The number of hydrogen-bond acceptors (Lipinski definition) is 4. The third kappa shape index (κ3) is 5.18. The molecule has 8 heteroatoms. The van der Waals surface area contributed by atoms with Gasteiger partial charge >= 0.3 is 6.18 Å². The molecule has 0 unspecified atom stereocenters. The molecule has 4 nitrogen and oxygen atoms in total. The van der Waals surface area contributed by atoms with Gasteiger partial charge in [-0.05, 0) is 36.5 Å². The van der Waals surface area contributed by atoms with Gasteiger partial charge < -0.3 is 10.2 Å². The van der Waals surface area contributed by atoms with E-state index in [4.69, 9.17) is 0 Å². The number of sulfone groups is 1. The summed E-state index contributed by atoms with van der Waals surface area (Å²) in [4.78, 5) is 2.09. The lowest BCUT2D eigenvalue weighted by Gasteiger charge is -2.28. The lowest BCUT2D eigenvalue weighted by Crippen LogP contribution is -2.43. The van der Waals surface area contributed by atoms with Crippen molar-refractivity contribution in [1.82, 2.24) is 10.2 Å². The standard InChI is InChI=1S/C17H23F3N2O2S/c18-17(19,20)15-3-1-2-14(12-15)16(13-4-5-13)21-6-7-22-8-10-25(23,24)11-9-22/h1-3,12-13,16,21H,4-11H2/t16-/m0/s1. The van der Waals surface area contributed by atoms with Gasteiger partial charge in [0, 0.05) is 32.2 Å².